The molecule has 1 aromatic rings. The van der Waals surface area contributed by atoms with Gasteiger partial charge in [-0.15, -0.1) is 11.3 Å². The zero-order valence-corrected chi connectivity index (χ0v) is 10.3. The largest absolute Gasteiger partial charge is 0.387 e. The molecule has 0 aliphatic heterocycles. The van der Waals surface area contributed by atoms with E-state index in [1.807, 2.05) is 13.1 Å². The maximum atomic E-state index is 10.2. The third-order valence-electron chi connectivity index (χ3n) is 3.35. The first-order valence-electron chi connectivity index (χ1n) is 5.77. The Morgan fingerprint density at radius 2 is 2.33 bits per heavy atom. The van der Waals surface area contributed by atoms with Crippen molar-refractivity contribution in [3.8, 4) is 0 Å². The molecule has 84 valence electrons. The van der Waals surface area contributed by atoms with E-state index in [1.165, 1.54) is 19.3 Å². The quantitative estimate of drug-likeness (QED) is 0.837. The van der Waals surface area contributed by atoms with Gasteiger partial charge in [-0.05, 0) is 31.6 Å². The Morgan fingerprint density at radius 3 is 2.93 bits per heavy atom. The average molecular weight is 225 g/mol. The minimum Gasteiger partial charge on any atom is -0.387 e. The summed E-state index contributed by atoms with van der Waals surface area (Å²) < 4.78 is 0. The fourth-order valence-electron chi connectivity index (χ4n) is 2.51. The summed E-state index contributed by atoms with van der Waals surface area (Å²) in [5.41, 5.74) is 0. The van der Waals surface area contributed by atoms with Crippen LogP contribution in [0.25, 0.3) is 0 Å². The van der Waals surface area contributed by atoms with Gasteiger partial charge in [-0.3, -0.25) is 0 Å². The second-order valence-electron chi connectivity index (χ2n) is 4.76. The fraction of sp³-hybridized carbons (Fsp3) is 0.750. The van der Waals surface area contributed by atoms with Gasteiger partial charge in [0.25, 0.3) is 0 Å². The van der Waals surface area contributed by atoms with Crippen LogP contribution >= 0.6 is 11.3 Å². The molecule has 3 atom stereocenters. The molecule has 0 amide bonds. The van der Waals surface area contributed by atoms with E-state index in [0.29, 0.717) is 5.92 Å². The smallest absolute Gasteiger partial charge is 0.0926 e. The van der Waals surface area contributed by atoms with Crippen molar-refractivity contribution in [2.75, 3.05) is 0 Å². The molecule has 0 saturated heterocycles. The van der Waals surface area contributed by atoms with Crippen molar-refractivity contribution in [1.82, 2.24) is 4.98 Å². The van der Waals surface area contributed by atoms with E-state index in [4.69, 9.17) is 0 Å². The van der Waals surface area contributed by atoms with Gasteiger partial charge in [-0.25, -0.2) is 4.98 Å². The Hall–Kier alpha value is -0.410. The molecule has 2 rings (SSSR count). The number of thiazole rings is 1. The topological polar surface area (TPSA) is 33.1 Å². The van der Waals surface area contributed by atoms with Gasteiger partial charge in [0.1, 0.15) is 0 Å². The van der Waals surface area contributed by atoms with Crippen LogP contribution in [0.1, 0.15) is 48.6 Å². The lowest BCUT2D eigenvalue weighted by molar-refractivity contribution is 0.0740. The normalized spacial score (nSPS) is 29.0. The van der Waals surface area contributed by atoms with E-state index in [0.717, 1.165) is 22.2 Å². The number of hydrogen-bond donors (Lipinski definition) is 1. The number of aliphatic hydroxyl groups is 1. The number of nitrogens with zero attached hydrogens (tertiary/aromatic N) is 1. The van der Waals surface area contributed by atoms with Crippen molar-refractivity contribution in [3.05, 3.63) is 16.1 Å². The number of rotatable bonds is 2. The molecule has 15 heavy (non-hydrogen) atoms. The van der Waals surface area contributed by atoms with Gasteiger partial charge in [0, 0.05) is 6.20 Å². The van der Waals surface area contributed by atoms with E-state index in [2.05, 4.69) is 11.9 Å². The van der Waals surface area contributed by atoms with Crippen molar-refractivity contribution < 1.29 is 5.11 Å². The van der Waals surface area contributed by atoms with Gasteiger partial charge in [0.05, 0.1) is 16.0 Å². The predicted molar refractivity (Wildman–Crippen MR) is 62.9 cm³/mol. The molecular formula is C12H19NOS. The van der Waals surface area contributed by atoms with Crippen LogP contribution in [0.2, 0.25) is 0 Å². The first-order chi connectivity index (χ1) is 7.16. The maximum Gasteiger partial charge on any atom is 0.0926 e. The summed E-state index contributed by atoms with van der Waals surface area (Å²) in [5, 5.41) is 11.3. The highest BCUT2D eigenvalue weighted by atomic mass is 32.1. The van der Waals surface area contributed by atoms with Gasteiger partial charge >= 0.3 is 0 Å². The first-order valence-corrected chi connectivity index (χ1v) is 6.59. The van der Waals surface area contributed by atoms with Crippen molar-refractivity contribution in [2.24, 2.45) is 11.8 Å². The van der Waals surface area contributed by atoms with Gasteiger partial charge in [-0.1, -0.05) is 19.8 Å². The van der Waals surface area contributed by atoms with E-state index in [1.54, 1.807) is 11.3 Å². The van der Waals surface area contributed by atoms with Crippen LogP contribution in [-0.4, -0.2) is 10.1 Å². The number of aryl methyl sites for hydroxylation is 1. The lowest BCUT2D eigenvalue weighted by Gasteiger charge is -2.29. The Morgan fingerprint density at radius 1 is 1.53 bits per heavy atom. The van der Waals surface area contributed by atoms with Crippen LogP contribution in [0.15, 0.2) is 6.20 Å². The summed E-state index contributed by atoms with van der Waals surface area (Å²) in [6.45, 7) is 4.28. The predicted octanol–water partition coefficient (Wildman–Crippen LogP) is 3.31. The molecule has 0 bridgehead atoms. The Balaban J connectivity index is 2.03. The zero-order valence-electron chi connectivity index (χ0n) is 9.44. The molecule has 1 heterocycles. The molecule has 1 N–H and O–H groups in total. The zero-order chi connectivity index (χ0) is 10.8. The summed E-state index contributed by atoms with van der Waals surface area (Å²) in [4.78, 5) is 5.26. The first kappa shape index (κ1) is 11.1. The summed E-state index contributed by atoms with van der Waals surface area (Å²) in [6, 6.07) is 0. The summed E-state index contributed by atoms with van der Waals surface area (Å²) >= 11 is 1.63. The number of aromatic nitrogens is 1. The van der Waals surface area contributed by atoms with Gasteiger partial charge in [0.15, 0.2) is 0 Å². The third kappa shape index (κ3) is 2.58. The van der Waals surface area contributed by atoms with Crippen LogP contribution < -0.4 is 0 Å². The van der Waals surface area contributed by atoms with Crippen LogP contribution in [0.4, 0.5) is 0 Å². The Bertz CT molecular complexity index is 323. The minimum atomic E-state index is -0.279. The average Bonchev–Trinajstić information content (AvgIpc) is 2.64. The van der Waals surface area contributed by atoms with Gasteiger partial charge in [0.2, 0.25) is 0 Å². The fourth-order valence-corrected chi connectivity index (χ4v) is 3.38. The van der Waals surface area contributed by atoms with Crippen molar-refractivity contribution in [2.45, 2.75) is 45.6 Å². The summed E-state index contributed by atoms with van der Waals surface area (Å²) in [6.07, 6.45) is 6.48. The van der Waals surface area contributed by atoms with E-state index >= 15 is 0 Å². The minimum absolute atomic E-state index is 0.279. The van der Waals surface area contributed by atoms with Crippen LogP contribution in [0.5, 0.6) is 0 Å². The Labute approximate surface area is 95.4 Å². The van der Waals surface area contributed by atoms with Crippen LogP contribution in [-0.2, 0) is 0 Å². The molecule has 1 fully saturated rings. The molecule has 0 radical (unpaired) electrons. The highest BCUT2D eigenvalue weighted by molar-refractivity contribution is 7.11. The van der Waals surface area contributed by atoms with Crippen molar-refractivity contribution in [1.29, 1.82) is 0 Å². The van der Waals surface area contributed by atoms with Gasteiger partial charge in [-0.2, -0.15) is 0 Å². The lowest BCUT2D eigenvalue weighted by atomic mass is 9.79. The Kier molecular flexibility index (Phi) is 3.42. The monoisotopic (exact) mass is 225 g/mol. The van der Waals surface area contributed by atoms with E-state index in [-0.39, 0.29) is 6.10 Å². The molecule has 3 heteroatoms. The molecule has 1 aliphatic carbocycles. The SMILES string of the molecule is Cc1ncc(C(O)C2CCCC(C)C2)s1. The van der Waals surface area contributed by atoms with Crippen LogP contribution in [0, 0.1) is 18.8 Å². The molecule has 1 saturated carbocycles. The molecule has 0 aromatic carbocycles. The second kappa shape index (κ2) is 4.62. The number of aliphatic hydroxyl groups excluding tert-OH is 1. The standard InChI is InChI=1S/C12H19NOS/c1-8-4-3-5-10(6-8)12(14)11-7-13-9(2)15-11/h7-8,10,12,14H,3-6H2,1-2H3. The molecule has 1 aliphatic rings. The summed E-state index contributed by atoms with van der Waals surface area (Å²) in [7, 11) is 0. The maximum absolute atomic E-state index is 10.2. The van der Waals surface area contributed by atoms with E-state index in [9.17, 15) is 5.11 Å². The van der Waals surface area contributed by atoms with Crippen molar-refractivity contribution >= 4 is 11.3 Å². The highest BCUT2D eigenvalue weighted by Gasteiger charge is 2.27. The molecular weight excluding hydrogens is 206 g/mol. The number of hydrogen-bond acceptors (Lipinski definition) is 3. The molecule has 2 nitrogen and oxygen atoms in total. The molecule has 3 unspecified atom stereocenters. The van der Waals surface area contributed by atoms with Crippen LogP contribution in [0.3, 0.4) is 0 Å². The molecule has 1 aromatic heterocycles. The second-order valence-corrected chi connectivity index (χ2v) is 6.02. The van der Waals surface area contributed by atoms with E-state index < -0.39 is 0 Å². The molecule has 0 spiro atoms. The van der Waals surface area contributed by atoms with Crippen molar-refractivity contribution in [3.63, 3.8) is 0 Å². The summed E-state index contributed by atoms with van der Waals surface area (Å²) in [5.74, 6) is 1.22. The highest BCUT2D eigenvalue weighted by Crippen LogP contribution is 2.38. The third-order valence-corrected chi connectivity index (χ3v) is 4.34. The lowest BCUT2D eigenvalue weighted by Crippen LogP contribution is -2.19. The van der Waals surface area contributed by atoms with Gasteiger partial charge < -0.3 is 5.11 Å².